The van der Waals surface area contributed by atoms with Gasteiger partial charge in [0.2, 0.25) is 0 Å². The van der Waals surface area contributed by atoms with Crippen molar-refractivity contribution in [1.82, 2.24) is 10.3 Å². The summed E-state index contributed by atoms with van der Waals surface area (Å²) in [6, 6.07) is 20.8. The Balaban J connectivity index is 1.71. The van der Waals surface area contributed by atoms with Crippen LogP contribution >= 0.6 is 0 Å². The Morgan fingerprint density at radius 3 is 2.41 bits per heavy atom. The van der Waals surface area contributed by atoms with Crippen molar-refractivity contribution in [2.45, 2.75) is 6.92 Å². The van der Waals surface area contributed by atoms with Crippen LogP contribution in [0.25, 0.3) is 17.0 Å². The number of nitrogens with one attached hydrogen (secondary N) is 3. The molecule has 0 fully saturated rings. The Morgan fingerprint density at radius 2 is 1.68 bits per heavy atom. The second-order valence-electron chi connectivity index (χ2n) is 7.62. The molecule has 2 amide bonds. The molecule has 0 atom stereocenters. The van der Waals surface area contributed by atoms with Gasteiger partial charge in [0.1, 0.15) is 11.4 Å². The fraction of sp³-hybridized carbons (Fsp3) is 0.0741. The number of rotatable bonds is 7. The fourth-order valence-corrected chi connectivity index (χ4v) is 3.48. The van der Waals surface area contributed by atoms with Crippen LogP contribution in [0.2, 0.25) is 0 Å². The Hall–Kier alpha value is -4.65. The normalized spacial score (nSPS) is 11.2. The quantitative estimate of drug-likeness (QED) is 0.277. The smallest absolute Gasteiger partial charge is 0.272 e. The Bertz CT molecular complexity index is 1400. The van der Waals surface area contributed by atoms with Crippen molar-refractivity contribution in [1.29, 1.82) is 0 Å². The number of hydrogen-bond donors (Lipinski definition) is 3. The molecule has 0 radical (unpaired) electrons. The van der Waals surface area contributed by atoms with E-state index in [2.05, 4.69) is 15.6 Å². The third-order valence-electron chi connectivity index (χ3n) is 5.28. The van der Waals surface area contributed by atoms with Crippen LogP contribution in [0.4, 0.5) is 5.69 Å². The molecule has 0 spiro atoms. The first-order valence-corrected chi connectivity index (χ1v) is 10.6. The molecular formula is C27H23N3O4. The SMILES string of the molecule is COc1ccc2[nH]cc(/C=C(\NC(=O)c3ccccc3)C(=O)Nc3cccc(C(C)=O)c3)c2c1. The number of benzene rings is 3. The number of ketones is 1. The molecule has 0 aliphatic heterocycles. The minimum Gasteiger partial charge on any atom is -0.497 e. The summed E-state index contributed by atoms with van der Waals surface area (Å²) in [4.78, 5) is 40.9. The van der Waals surface area contributed by atoms with Crippen LogP contribution in [0.15, 0.2) is 84.7 Å². The number of amides is 2. The average Bonchev–Trinajstić information content (AvgIpc) is 3.26. The summed E-state index contributed by atoms with van der Waals surface area (Å²) in [7, 11) is 1.58. The summed E-state index contributed by atoms with van der Waals surface area (Å²) < 4.78 is 5.32. The third-order valence-corrected chi connectivity index (χ3v) is 5.28. The van der Waals surface area contributed by atoms with Gasteiger partial charge in [-0.3, -0.25) is 14.4 Å². The number of Topliss-reactive ketones (excluding diaryl/α,β-unsaturated/α-hetero) is 1. The van der Waals surface area contributed by atoms with E-state index in [0.717, 1.165) is 10.9 Å². The number of ether oxygens (including phenoxy) is 1. The highest BCUT2D eigenvalue weighted by Crippen LogP contribution is 2.25. The van der Waals surface area contributed by atoms with Crippen LogP contribution < -0.4 is 15.4 Å². The summed E-state index contributed by atoms with van der Waals surface area (Å²) in [5, 5.41) is 6.32. The van der Waals surface area contributed by atoms with Gasteiger partial charge in [-0.15, -0.1) is 0 Å². The number of aromatic amines is 1. The van der Waals surface area contributed by atoms with Crippen LogP contribution in [-0.4, -0.2) is 29.7 Å². The zero-order chi connectivity index (χ0) is 24.1. The minimum atomic E-state index is -0.526. The Labute approximate surface area is 196 Å². The monoisotopic (exact) mass is 453 g/mol. The number of carbonyl (C=O) groups excluding carboxylic acids is 3. The number of anilines is 1. The first-order chi connectivity index (χ1) is 16.4. The first-order valence-electron chi connectivity index (χ1n) is 10.6. The van der Waals surface area contributed by atoms with Crippen molar-refractivity contribution >= 4 is 40.3 Å². The minimum absolute atomic E-state index is 0.0470. The molecule has 3 N–H and O–H groups in total. The van der Waals surface area contributed by atoms with Crippen LogP contribution in [0.5, 0.6) is 5.75 Å². The second-order valence-corrected chi connectivity index (χ2v) is 7.62. The van der Waals surface area contributed by atoms with E-state index in [9.17, 15) is 14.4 Å². The van der Waals surface area contributed by atoms with Crippen molar-refractivity contribution in [2.24, 2.45) is 0 Å². The molecule has 1 heterocycles. The summed E-state index contributed by atoms with van der Waals surface area (Å²) in [6.45, 7) is 1.46. The van der Waals surface area contributed by atoms with Crippen molar-refractivity contribution in [3.63, 3.8) is 0 Å². The molecule has 7 heteroatoms. The van der Waals surface area contributed by atoms with Gasteiger partial charge in [0, 0.05) is 39.5 Å². The first kappa shape index (κ1) is 22.5. The van der Waals surface area contributed by atoms with Gasteiger partial charge >= 0.3 is 0 Å². The molecule has 0 bridgehead atoms. The van der Waals surface area contributed by atoms with E-state index < -0.39 is 11.8 Å². The van der Waals surface area contributed by atoms with Gasteiger partial charge in [0.05, 0.1) is 7.11 Å². The average molecular weight is 453 g/mol. The highest BCUT2D eigenvalue weighted by molar-refractivity contribution is 6.12. The van der Waals surface area contributed by atoms with Gasteiger partial charge in [-0.2, -0.15) is 0 Å². The van der Waals surface area contributed by atoms with Gasteiger partial charge in [0.25, 0.3) is 11.8 Å². The van der Waals surface area contributed by atoms with Crippen LogP contribution in [0, 0.1) is 0 Å². The van der Waals surface area contributed by atoms with E-state index in [4.69, 9.17) is 4.74 Å². The zero-order valence-corrected chi connectivity index (χ0v) is 18.7. The standard InChI is InChI=1S/C27H23N3O4/c1-17(31)19-9-6-10-21(13-19)29-27(33)25(30-26(32)18-7-4-3-5-8-18)14-20-16-28-24-12-11-22(34-2)15-23(20)24/h3-16,28H,1-2H3,(H,29,33)(H,30,32)/b25-14-. The number of fused-ring (bicyclic) bond motifs is 1. The number of methoxy groups -OCH3 is 1. The van der Waals surface area contributed by atoms with Crippen molar-refractivity contribution in [3.05, 3.63) is 101 Å². The lowest BCUT2D eigenvalue weighted by atomic mass is 10.1. The highest BCUT2D eigenvalue weighted by atomic mass is 16.5. The van der Waals surface area contributed by atoms with Crippen LogP contribution in [0.3, 0.4) is 0 Å². The van der Waals surface area contributed by atoms with E-state index >= 15 is 0 Å². The molecule has 0 saturated carbocycles. The predicted octanol–water partition coefficient (Wildman–Crippen LogP) is 4.79. The van der Waals surface area contributed by atoms with Crippen molar-refractivity contribution in [3.8, 4) is 5.75 Å². The largest absolute Gasteiger partial charge is 0.497 e. The highest BCUT2D eigenvalue weighted by Gasteiger charge is 2.16. The molecule has 0 saturated heterocycles. The Morgan fingerprint density at radius 1 is 0.912 bits per heavy atom. The summed E-state index contributed by atoms with van der Waals surface area (Å²) >= 11 is 0. The number of carbonyl (C=O) groups is 3. The molecule has 1 aromatic heterocycles. The molecule has 3 aromatic carbocycles. The van der Waals surface area contributed by atoms with Gasteiger partial charge in [0.15, 0.2) is 5.78 Å². The maximum atomic E-state index is 13.2. The summed E-state index contributed by atoms with van der Waals surface area (Å²) in [5.41, 5.74) is 2.94. The lowest BCUT2D eigenvalue weighted by molar-refractivity contribution is -0.113. The van der Waals surface area contributed by atoms with Gasteiger partial charge < -0.3 is 20.4 Å². The zero-order valence-electron chi connectivity index (χ0n) is 18.7. The number of hydrogen-bond acceptors (Lipinski definition) is 4. The Kier molecular flexibility index (Phi) is 6.54. The summed E-state index contributed by atoms with van der Waals surface area (Å²) in [6.07, 6.45) is 3.35. The van der Waals surface area contributed by atoms with Crippen molar-refractivity contribution in [2.75, 3.05) is 12.4 Å². The lowest BCUT2D eigenvalue weighted by Gasteiger charge is -2.12. The summed E-state index contributed by atoms with van der Waals surface area (Å²) in [5.74, 6) is -0.391. The third kappa shape index (κ3) is 5.05. The maximum Gasteiger partial charge on any atom is 0.272 e. The maximum absolute atomic E-state index is 13.2. The molecule has 0 aliphatic carbocycles. The molecule has 0 aliphatic rings. The van der Waals surface area contributed by atoms with Gasteiger partial charge in [-0.1, -0.05) is 30.3 Å². The molecule has 7 nitrogen and oxygen atoms in total. The van der Waals surface area contributed by atoms with E-state index in [1.165, 1.54) is 6.92 Å². The van der Waals surface area contributed by atoms with Crippen LogP contribution in [-0.2, 0) is 4.79 Å². The van der Waals surface area contributed by atoms with Crippen LogP contribution in [0.1, 0.15) is 33.2 Å². The molecule has 4 rings (SSSR count). The molecule has 4 aromatic rings. The molecular weight excluding hydrogens is 430 g/mol. The molecule has 34 heavy (non-hydrogen) atoms. The lowest BCUT2D eigenvalue weighted by Crippen LogP contribution is -2.30. The molecule has 170 valence electrons. The topological polar surface area (TPSA) is 100 Å². The molecule has 0 unspecified atom stereocenters. The fourth-order valence-electron chi connectivity index (χ4n) is 3.48. The van der Waals surface area contributed by atoms with Gasteiger partial charge in [-0.05, 0) is 55.5 Å². The van der Waals surface area contributed by atoms with E-state index in [0.29, 0.717) is 28.1 Å². The van der Waals surface area contributed by atoms with Gasteiger partial charge in [-0.25, -0.2) is 0 Å². The van der Waals surface area contributed by atoms with E-state index in [-0.39, 0.29) is 11.5 Å². The predicted molar refractivity (Wildman–Crippen MR) is 132 cm³/mol. The van der Waals surface area contributed by atoms with E-state index in [1.807, 2.05) is 24.3 Å². The number of H-pyrrole nitrogens is 1. The second kappa shape index (κ2) is 9.87. The number of aromatic nitrogens is 1. The van der Waals surface area contributed by atoms with Crippen molar-refractivity contribution < 1.29 is 19.1 Å². The van der Waals surface area contributed by atoms with E-state index in [1.54, 1.807) is 67.9 Å².